The first-order valence-corrected chi connectivity index (χ1v) is 14.0. The van der Waals surface area contributed by atoms with E-state index in [1.807, 2.05) is 57.2 Å². The first-order chi connectivity index (χ1) is 19.6. The fourth-order valence-electron chi connectivity index (χ4n) is 5.24. The number of nitrogens with one attached hydrogen (secondary N) is 1. The molecule has 41 heavy (non-hydrogen) atoms. The Morgan fingerprint density at radius 3 is 2.49 bits per heavy atom. The molecular weight excluding hydrogens is 512 g/mol. The van der Waals surface area contributed by atoms with Gasteiger partial charge in [0.2, 0.25) is 0 Å². The minimum atomic E-state index is -0.708. The lowest BCUT2D eigenvalue weighted by Gasteiger charge is -2.38. The van der Waals surface area contributed by atoms with E-state index >= 15 is 0 Å². The van der Waals surface area contributed by atoms with E-state index in [1.165, 1.54) is 0 Å². The van der Waals surface area contributed by atoms with Crippen molar-refractivity contribution >= 4 is 28.2 Å². The number of piperazine rings is 1. The summed E-state index contributed by atoms with van der Waals surface area (Å²) in [5.74, 6) is -0.290. The second-order valence-electron chi connectivity index (χ2n) is 11.5. The molecule has 1 aliphatic heterocycles. The molecule has 0 unspecified atom stereocenters. The van der Waals surface area contributed by atoms with Crippen LogP contribution in [-0.4, -0.2) is 52.6 Å². The zero-order valence-corrected chi connectivity index (χ0v) is 24.3. The number of hydrogen-bond donors (Lipinski definition) is 1. The number of fused-ring (bicyclic) bond motifs is 1. The average molecular weight is 549 g/mol. The monoisotopic (exact) mass is 548 g/mol. The maximum absolute atomic E-state index is 13.8. The van der Waals surface area contributed by atoms with Crippen LogP contribution in [0.25, 0.3) is 16.6 Å². The van der Waals surface area contributed by atoms with E-state index in [-0.39, 0.29) is 11.5 Å². The smallest absolute Gasteiger partial charge is 0.265 e. The van der Waals surface area contributed by atoms with Crippen LogP contribution in [0.4, 0.5) is 11.4 Å². The second-order valence-corrected chi connectivity index (χ2v) is 11.5. The summed E-state index contributed by atoms with van der Waals surface area (Å²) in [6.45, 7) is 13.8. The number of anilines is 2. The third-order valence-electron chi connectivity index (χ3n) is 8.00. The van der Waals surface area contributed by atoms with Gasteiger partial charge in [-0.2, -0.15) is 5.26 Å². The molecule has 0 bridgehead atoms. The van der Waals surface area contributed by atoms with Gasteiger partial charge in [0, 0.05) is 49.2 Å². The normalized spacial score (nSPS) is 14.3. The number of nitrogens with zero attached hydrogens (tertiary/aromatic N) is 5. The molecule has 4 aromatic rings. The molecule has 0 aliphatic carbocycles. The van der Waals surface area contributed by atoms with Crippen molar-refractivity contribution in [3.05, 3.63) is 94.0 Å². The highest BCUT2D eigenvalue weighted by atomic mass is 16.1. The van der Waals surface area contributed by atoms with Crippen LogP contribution in [0, 0.1) is 18.3 Å². The Morgan fingerprint density at radius 1 is 1.02 bits per heavy atom. The average Bonchev–Trinajstić information content (AvgIpc) is 2.98. The Hall–Kier alpha value is -4.48. The van der Waals surface area contributed by atoms with Crippen LogP contribution in [0.5, 0.6) is 0 Å². The van der Waals surface area contributed by atoms with Crippen molar-refractivity contribution in [2.24, 2.45) is 0 Å². The molecule has 0 spiro atoms. The molecule has 1 fully saturated rings. The zero-order chi connectivity index (χ0) is 29.3. The molecule has 8 nitrogen and oxygen atoms in total. The number of amides is 1. The summed E-state index contributed by atoms with van der Waals surface area (Å²) < 4.78 is 1.55. The van der Waals surface area contributed by atoms with Gasteiger partial charge < -0.3 is 10.2 Å². The molecule has 8 heteroatoms. The highest BCUT2D eigenvalue weighted by molar-refractivity contribution is 6.04. The zero-order valence-electron chi connectivity index (χ0n) is 24.3. The Labute approximate surface area is 240 Å². The van der Waals surface area contributed by atoms with Gasteiger partial charge in [0.15, 0.2) is 0 Å². The number of carbonyl (C=O) groups is 1. The number of rotatable bonds is 6. The maximum Gasteiger partial charge on any atom is 0.265 e. The van der Waals surface area contributed by atoms with E-state index in [2.05, 4.69) is 40.0 Å². The Kier molecular flexibility index (Phi) is 7.65. The van der Waals surface area contributed by atoms with E-state index < -0.39 is 5.41 Å². The highest BCUT2D eigenvalue weighted by Gasteiger charge is 2.22. The van der Waals surface area contributed by atoms with Gasteiger partial charge in [0.25, 0.3) is 11.5 Å². The fourth-order valence-corrected chi connectivity index (χ4v) is 5.24. The van der Waals surface area contributed by atoms with E-state index in [4.69, 9.17) is 0 Å². The van der Waals surface area contributed by atoms with Crippen LogP contribution in [0.3, 0.4) is 0 Å². The first-order valence-electron chi connectivity index (χ1n) is 14.0. The van der Waals surface area contributed by atoms with Gasteiger partial charge in [-0.25, -0.2) is 4.98 Å². The molecule has 1 N–H and O–H groups in total. The lowest BCUT2D eigenvalue weighted by Crippen LogP contribution is -2.48. The number of carbonyl (C=O) groups excluding carboxylic acids is 1. The van der Waals surface area contributed by atoms with Crippen molar-refractivity contribution < 1.29 is 4.79 Å². The number of benzene rings is 3. The van der Waals surface area contributed by atoms with Crippen molar-refractivity contribution in [3.8, 4) is 11.8 Å². The van der Waals surface area contributed by atoms with Crippen LogP contribution >= 0.6 is 0 Å². The first kappa shape index (κ1) is 28.1. The van der Waals surface area contributed by atoms with E-state index in [0.717, 1.165) is 43.0 Å². The van der Waals surface area contributed by atoms with Crippen molar-refractivity contribution in [3.63, 3.8) is 0 Å². The van der Waals surface area contributed by atoms with Crippen LogP contribution in [0.1, 0.15) is 49.2 Å². The fraction of sp³-hybridized carbons (Fsp3) is 0.333. The van der Waals surface area contributed by atoms with Crippen LogP contribution in [-0.2, 0) is 5.41 Å². The van der Waals surface area contributed by atoms with E-state index in [9.17, 15) is 14.9 Å². The number of nitriles is 1. The molecule has 5 rings (SSSR count). The lowest BCUT2D eigenvalue weighted by molar-refractivity contribution is 0.102. The van der Waals surface area contributed by atoms with Gasteiger partial charge in [0.1, 0.15) is 6.33 Å². The molecule has 1 aliphatic rings. The molecule has 1 aromatic heterocycles. The third kappa shape index (κ3) is 5.72. The minimum absolute atomic E-state index is 0.157. The Morgan fingerprint density at radius 2 is 1.78 bits per heavy atom. The molecule has 0 radical (unpaired) electrons. The van der Waals surface area contributed by atoms with Crippen LogP contribution in [0.15, 0.2) is 71.8 Å². The summed E-state index contributed by atoms with van der Waals surface area (Å²) in [5.41, 5.74) is 4.13. The molecule has 0 atom stereocenters. The Balaban J connectivity index is 1.43. The van der Waals surface area contributed by atoms with Crippen molar-refractivity contribution in [1.29, 1.82) is 5.26 Å². The predicted octanol–water partition coefficient (Wildman–Crippen LogP) is 5.28. The molecule has 1 saturated heterocycles. The number of aryl methyl sites for hydroxylation is 1. The molecule has 3 aromatic carbocycles. The van der Waals surface area contributed by atoms with Crippen molar-refractivity contribution in [2.45, 2.75) is 46.1 Å². The van der Waals surface area contributed by atoms with E-state index in [0.29, 0.717) is 33.9 Å². The topological polar surface area (TPSA) is 94.3 Å². The minimum Gasteiger partial charge on any atom is -0.369 e. The van der Waals surface area contributed by atoms with Crippen molar-refractivity contribution in [1.82, 2.24) is 14.5 Å². The van der Waals surface area contributed by atoms with Gasteiger partial charge in [-0.15, -0.1) is 0 Å². The van der Waals surface area contributed by atoms with E-state index in [1.54, 1.807) is 35.2 Å². The van der Waals surface area contributed by atoms with Crippen LogP contribution in [0.2, 0.25) is 0 Å². The largest absolute Gasteiger partial charge is 0.369 e. The predicted molar refractivity (Wildman–Crippen MR) is 164 cm³/mol. The maximum atomic E-state index is 13.8. The second kappa shape index (κ2) is 11.2. The van der Waals surface area contributed by atoms with Crippen LogP contribution < -0.4 is 15.8 Å². The molecular formula is C33H36N6O2. The molecule has 210 valence electrons. The summed E-state index contributed by atoms with van der Waals surface area (Å²) in [6, 6.07) is 21.3. The quantitative estimate of drug-likeness (QED) is 0.352. The SMILES string of the molecule is Cc1ccc(NC(=O)c2cccc(C(C)(C)C#N)c2)cc1-n1cnc2ccc(N3CCN(C(C)C)CC3)cc2c1=O. The molecule has 0 saturated carbocycles. The van der Waals surface area contributed by atoms with Gasteiger partial charge >= 0.3 is 0 Å². The standard InChI is InChI=1S/C33H36N6O2/c1-22(2)37-13-15-38(16-14-37)27-11-12-29-28(19-27)32(41)39(21-35-29)30-18-26(10-9-23(30)3)36-31(40)24-7-6-8-25(17-24)33(4,5)20-34/h6-12,17-19,21-22H,13-16H2,1-5H3,(H,36,40). The summed E-state index contributed by atoms with van der Waals surface area (Å²) in [7, 11) is 0. The number of aromatic nitrogens is 2. The van der Waals surface area contributed by atoms with Gasteiger partial charge in [-0.05, 0) is 88.2 Å². The Bertz CT molecular complexity index is 1710. The molecule has 1 amide bonds. The lowest BCUT2D eigenvalue weighted by atomic mass is 9.85. The van der Waals surface area contributed by atoms with Crippen molar-refractivity contribution in [2.75, 3.05) is 36.4 Å². The highest BCUT2D eigenvalue weighted by Crippen LogP contribution is 2.25. The summed E-state index contributed by atoms with van der Waals surface area (Å²) >= 11 is 0. The van der Waals surface area contributed by atoms with Gasteiger partial charge in [-0.1, -0.05) is 18.2 Å². The van der Waals surface area contributed by atoms with Gasteiger partial charge in [-0.3, -0.25) is 19.1 Å². The summed E-state index contributed by atoms with van der Waals surface area (Å²) in [5, 5.41) is 13.0. The summed E-state index contributed by atoms with van der Waals surface area (Å²) in [4.78, 5) is 36.2. The number of hydrogen-bond acceptors (Lipinski definition) is 6. The van der Waals surface area contributed by atoms with Gasteiger partial charge in [0.05, 0.1) is 28.1 Å². The molecule has 2 heterocycles. The third-order valence-corrected chi connectivity index (χ3v) is 8.00. The summed E-state index contributed by atoms with van der Waals surface area (Å²) in [6.07, 6.45) is 1.55.